The van der Waals surface area contributed by atoms with Crippen molar-refractivity contribution in [3.63, 3.8) is 0 Å². The maximum Gasteiger partial charge on any atom is 0.257 e. The zero-order chi connectivity index (χ0) is 22.6. The van der Waals surface area contributed by atoms with Crippen LogP contribution in [0.4, 0.5) is 14.5 Å². The molecule has 4 nitrogen and oxygen atoms in total. The minimum absolute atomic E-state index is 0.00653. The quantitative estimate of drug-likeness (QED) is 0.596. The molecule has 164 valence electrons. The van der Waals surface area contributed by atoms with Crippen molar-refractivity contribution < 1.29 is 18.4 Å². The number of hydrogen-bond acceptors (Lipinski definition) is 2. The lowest BCUT2D eigenvalue weighted by Gasteiger charge is -2.39. The molecule has 2 bridgehead atoms. The zero-order valence-electron chi connectivity index (χ0n) is 17.8. The normalized spacial score (nSPS) is 24.2. The molecular formula is C24H25ClF2N2O2. The van der Waals surface area contributed by atoms with Gasteiger partial charge >= 0.3 is 0 Å². The van der Waals surface area contributed by atoms with E-state index in [1.807, 2.05) is 4.90 Å². The molecule has 2 atom stereocenters. The van der Waals surface area contributed by atoms with Gasteiger partial charge in [0.25, 0.3) is 11.8 Å². The SMILES string of the molecule is CC1(C)C[C@@H]2C[C@@](C)(CN2C(=O)c2ccc(NC(=O)c3cc(F)c(F)cc3Cl)cc2)C1. The van der Waals surface area contributed by atoms with Crippen LogP contribution in [0.25, 0.3) is 0 Å². The number of benzene rings is 2. The van der Waals surface area contributed by atoms with E-state index in [1.54, 1.807) is 24.3 Å². The zero-order valence-corrected chi connectivity index (χ0v) is 18.5. The number of carbonyl (C=O) groups excluding carboxylic acids is 2. The smallest absolute Gasteiger partial charge is 0.257 e. The molecule has 31 heavy (non-hydrogen) atoms. The number of amides is 2. The molecule has 2 aliphatic rings. The van der Waals surface area contributed by atoms with Gasteiger partial charge in [-0.25, -0.2) is 8.78 Å². The number of carbonyl (C=O) groups is 2. The second-order valence-corrected chi connectivity index (χ2v) is 10.3. The fourth-order valence-electron chi connectivity index (χ4n) is 5.45. The molecule has 0 aromatic heterocycles. The van der Waals surface area contributed by atoms with E-state index in [1.165, 1.54) is 0 Å². The Morgan fingerprint density at radius 3 is 2.39 bits per heavy atom. The molecule has 0 radical (unpaired) electrons. The predicted octanol–water partition coefficient (Wildman–Crippen LogP) is 5.91. The van der Waals surface area contributed by atoms with Crippen molar-refractivity contribution in [3.8, 4) is 0 Å². The average molecular weight is 447 g/mol. The van der Waals surface area contributed by atoms with Crippen LogP contribution in [0.5, 0.6) is 0 Å². The lowest BCUT2D eigenvalue weighted by molar-refractivity contribution is 0.0708. The number of likely N-dealkylation sites (tertiary alicyclic amines) is 1. The second kappa shape index (κ2) is 7.59. The van der Waals surface area contributed by atoms with E-state index >= 15 is 0 Å². The van der Waals surface area contributed by atoms with Gasteiger partial charge in [0.1, 0.15) is 0 Å². The van der Waals surface area contributed by atoms with Crippen molar-refractivity contribution in [1.82, 2.24) is 4.90 Å². The summed E-state index contributed by atoms with van der Waals surface area (Å²) in [5.74, 6) is -2.93. The number of anilines is 1. The van der Waals surface area contributed by atoms with Gasteiger partial charge in [-0.05, 0) is 66.5 Å². The van der Waals surface area contributed by atoms with Crippen molar-refractivity contribution in [2.24, 2.45) is 10.8 Å². The molecule has 7 heteroatoms. The van der Waals surface area contributed by atoms with Crippen LogP contribution in [0, 0.1) is 22.5 Å². The first-order chi connectivity index (χ1) is 14.5. The lowest BCUT2D eigenvalue weighted by atomic mass is 9.65. The van der Waals surface area contributed by atoms with Crippen molar-refractivity contribution in [2.45, 2.75) is 46.1 Å². The number of rotatable bonds is 3. The van der Waals surface area contributed by atoms with Gasteiger partial charge in [0, 0.05) is 23.8 Å². The van der Waals surface area contributed by atoms with Gasteiger partial charge < -0.3 is 10.2 Å². The minimum Gasteiger partial charge on any atom is -0.335 e. The molecule has 1 aliphatic heterocycles. The number of halogens is 3. The Hall–Kier alpha value is -2.47. The Kier molecular flexibility index (Phi) is 5.32. The summed E-state index contributed by atoms with van der Waals surface area (Å²) in [5, 5.41) is 2.42. The van der Waals surface area contributed by atoms with E-state index in [0.717, 1.165) is 37.9 Å². The maximum atomic E-state index is 13.5. The predicted molar refractivity (Wildman–Crippen MR) is 116 cm³/mol. The van der Waals surface area contributed by atoms with Crippen LogP contribution >= 0.6 is 11.6 Å². The van der Waals surface area contributed by atoms with E-state index in [-0.39, 0.29) is 33.4 Å². The Bertz CT molecular complexity index is 1050. The Morgan fingerprint density at radius 2 is 1.71 bits per heavy atom. The molecule has 1 aliphatic carbocycles. The summed E-state index contributed by atoms with van der Waals surface area (Å²) in [4.78, 5) is 27.5. The fraction of sp³-hybridized carbons (Fsp3) is 0.417. The van der Waals surface area contributed by atoms with Crippen LogP contribution in [0.15, 0.2) is 36.4 Å². The summed E-state index contributed by atoms with van der Waals surface area (Å²) in [6, 6.07) is 8.34. The number of nitrogens with one attached hydrogen (secondary N) is 1. The summed E-state index contributed by atoms with van der Waals surface area (Å²) in [6.07, 6.45) is 3.14. The molecule has 1 N–H and O–H groups in total. The maximum absolute atomic E-state index is 13.5. The standard InChI is InChI=1S/C24H25ClF2N2O2/c1-23(2)10-16-11-24(3,12-23)13-29(16)22(31)14-4-6-15(7-5-14)28-21(30)17-8-19(26)20(27)9-18(17)25/h4-9,16H,10-13H2,1-3H3,(H,28,30)/t16-,24-/m1/s1. The topological polar surface area (TPSA) is 49.4 Å². The van der Waals surface area contributed by atoms with Gasteiger partial charge in [0.05, 0.1) is 10.6 Å². The molecule has 2 aromatic rings. The summed E-state index contributed by atoms with van der Waals surface area (Å²) in [6.45, 7) is 7.55. The molecule has 2 aromatic carbocycles. The van der Waals surface area contributed by atoms with Gasteiger partial charge in [-0.15, -0.1) is 0 Å². The Balaban J connectivity index is 1.47. The Labute approximate surface area is 185 Å². The third-order valence-electron chi connectivity index (χ3n) is 6.32. The van der Waals surface area contributed by atoms with E-state index < -0.39 is 17.5 Å². The van der Waals surface area contributed by atoms with Crippen molar-refractivity contribution >= 4 is 29.1 Å². The van der Waals surface area contributed by atoms with Crippen molar-refractivity contribution in [3.05, 3.63) is 64.2 Å². The highest BCUT2D eigenvalue weighted by atomic mass is 35.5. The second-order valence-electron chi connectivity index (χ2n) is 9.92. The van der Waals surface area contributed by atoms with E-state index in [0.29, 0.717) is 11.3 Å². The number of hydrogen-bond donors (Lipinski definition) is 1. The van der Waals surface area contributed by atoms with Gasteiger partial charge in [0.15, 0.2) is 11.6 Å². The fourth-order valence-corrected chi connectivity index (χ4v) is 5.69. The average Bonchev–Trinajstić information content (AvgIpc) is 2.93. The molecule has 2 amide bonds. The van der Waals surface area contributed by atoms with Crippen LogP contribution in [0.2, 0.25) is 5.02 Å². The molecule has 1 saturated carbocycles. The van der Waals surface area contributed by atoms with E-state index in [4.69, 9.17) is 11.6 Å². The first-order valence-corrected chi connectivity index (χ1v) is 10.7. The Morgan fingerprint density at radius 1 is 1.06 bits per heavy atom. The molecule has 4 rings (SSSR count). The molecular weight excluding hydrogens is 422 g/mol. The first kappa shape index (κ1) is 21.8. The van der Waals surface area contributed by atoms with Crippen LogP contribution < -0.4 is 5.32 Å². The van der Waals surface area contributed by atoms with Crippen molar-refractivity contribution in [1.29, 1.82) is 0 Å². The third-order valence-corrected chi connectivity index (χ3v) is 6.63. The largest absolute Gasteiger partial charge is 0.335 e. The highest BCUT2D eigenvalue weighted by Crippen LogP contribution is 2.52. The highest BCUT2D eigenvalue weighted by molar-refractivity contribution is 6.34. The highest BCUT2D eigenvalue weighted by Gasteiger charge is 2.51. The van der Waals surface area contributed by atoms with Crippen LogP contribution in [-0.4, -0.2) is 29.3 Å². The van der Waals surface area contributed by atoms with E-state index in [9.17, 15) is 18.4 Å². The van der Waals surface area contributed by atoms with Crippen LogP contribution in [0.3, 0.4) is 0 Å². The molecule has 1 saturated heterocycles. The summed E-state index contributed by atoms with van der Waals surface area (Å²) >= 11 is 5.86. The number of nitrogens with zero attached hydrogens (tertiary/aromatic N) is 1. The summed E-state index contributed by atoms with van der Waals surface area (Å²) in [5.41, 5.74) is 1.19. The van der Waals surface area contributed by atoms with E-state index in [2.05, 4.69) is 26.1 Å². The van der Waals surface area contributed by atoms with Crippen LogP contribution in [0.1, 0.15) is 60.7 Å². The third kappa shape index (κ3) is 4.31. The number of fused-ring (bicyclic) bond motifs is 2. The molecule has 0 unspecified atom stereocenters. The summed E-state index contributed by atoms with van der Waals surface area (Å²) < 4.78 is 26.7. The van der Waals surface area contributed by atoms with Gasteiger partial charge in [0.2, 0.25) is 0 Å². The first-order valence-electron chi connectivity index (χ1n) is 10.3. The molecule has 1 heterocycles. The van der Waals surface area contributed by atoms with Gasteiger partial charge in [-0.2, -0.15) is 0 Å². The lowest BCUT2D eigenvalue weighted by Crippen LogP contribution is -2.37. The van der Waals surface area contributed by atoms with Crippen molar-refractivity contribution in [2.75, 3.05) is 11.9 Å². The molecule has 0 spiro atoms. The minimum atomic E-state index is -1.15. The van der Waals surface area contributed by atoms with Gasteiger partial charge in [-0.1, -0.05) is 32.4 Å². The summed E-state index contributed by atoms with van der Waals surface area (Å²) in [7, 11) is 0. The van der Waals surface area contributed by atoms with Gasteiger partial charge in [-0.3, -0.25) is 9.59 Å². The van der Waals surface area contributed by atoms with Crippen LogP contribution in [-0.2, 0) is 0 Å². The molecule has 2 fully saturated rings. The monoisotopic (exact) mass is 446 g/mol.